The third-order valence-electron chi connectivity index (χ3n) is 10.9. The molecular formula is C49H35NS. The zero-order valence-corrected chi connectivity index (χ0v) is 29.4. The van der Waals surface area contributed by atoms with Gasteiger partial charge in [-0.3, -0.25) is 0 Å². The zero-order chi connectivity index (χ0) is 34.1. The fourth-order valence-electron chi connectivity index (χ4n) is 8.39. The summed E-state index contributed by atoms with van der Waals surface area (Å²) >= 11 is 1.87. The molecule has 0 aliphatic heterocycles. The lowest BCUT2D eigenvalue weighted by atomic mass is 9.81. The molecule has 1 aromatic heterocycles. The van der Waals surface area contributed by atoms with Crippen molar-refractivity contribution in [3.63, 3.8) is 0 Å². The predicted octanol–water partition coefficient (Wildman–Crippen LogP) is 14.3. The van der Waals surface area contributed by atoms with Gasteiger partial charge in [0.15, 0.2) is 0 Å². The van der Waals surface area contributed by atoms with Crippen LogP contribution in [0.25, 0.3) is 64.3 Å². The Bertz CT molecular complexity index is 2780. The van der Waals surface area contributed by atoms with Crippen LogP contribution in [-0.4, -0.2) is 0 Å². The van der Waals surface area contributed by atoms with Crippen LogP contribution in [0.15, 0.2) is 176 Å². The molecule has 10 rings (SSSR count). The first-order valence-corrected chi connectivity index (χ1v) is 18.5. The molecule has 0 saturated heterocycles. The SMILES string of the molecule is CC1(C)c2ccccc2-c2ccc(-c3ccc(N(c4ccccc4-c4cccc5sc6ccccc6c45)c4cccc5ccccc45)cc3)cc21. The van der Waals surface area contributed by atoms with Crippen LogP contribution in [0.2, 0.25) is 0 Å². The van der Waals surface area contributed by atoms with Crippen molar-refractivity contribution in [2.45, 2.75) is 19.3 Å². The molecule has 1 aliphatic rings. The highest BCUT2D eigenvalue weighted by Gasteiger charge is 2.35. The molecule has 0 fully saturated rings. The minimum Gasteiger partial charge on any atom is -0.309 e. The van der Waals surface area contributed by atoms with Gasteiger partial charge in [-0.25, -0.2) is 0 Å². The van der Waals surface area contributed by atoms with Gasteiger partial charge in [-0.2, -0.15) is 0 Å². The van der Waals surface area contributed by atoms with Crippen molar-refractivity contribution >= 4 is 59.3 Å². The van der Waals surface area contributed by atoms with Crippen molar-refractivity contribution in [2.75, 3.05) is 4.90 Å². The number of thiophene rings is 1. The standard InChI is InChI=1S/C49H35NS/c1-49(2)42-20-8-5-16-37(42)38-30-27-34(31-43(38)49)32-25-28-35(29-26-32)50(44-22-11-14-33-13-3-4-15-36(33)44)45-21-9-6-17-39(45)40-19-12-24-47-48(40)41-18-7-10-23-46(41)51-47/h3-31H,1-2H3. The van der Waals surface area contributed by atoms with Crippen LogP contribution < -0.4 is 4.90 Å². The van der Waals surface area contributed by atoms with Crippen molar-refractivity contribution < 1.29 is 0 Å². The maximum absolute atomic E-state index is 2.46. The average Bonchev–Trinajstić information content (AvgIpc) is 3.68. The molecule has 0 radical (unpaired) electrons. The number of hydrogen-bond donors (Lipinski definition) is 0. The van der Waals surface area contributed by atoms with Crippen LogP contribution in [0.5, 0.6) is 0 Å². The third kappa shape index (κ3) is 4.67. The summed E-state index contributed by atoms with van der Waals surface area (Å²) in [5.41, 5.74) is 13.8. The van der Waals surface area contributed by atoms with Crippen molar-refractivity contribution in [3.05, 3.63) is 187 Å². The van der Waals surface area contributed by atoms with E-state index in [2.05, 4.69) is 195 Å². The van der Waals surface area contributed by atoms with Gasteiger partial charge in [-0.05, 0) is 86.8 Å². The van der Waals surface area contributed by atoms with Gasteiger partial charge in [0, 0.05) is 42.2 Å². The van der Waals surface area contributed by atoms with E-state index in [-0.39, 0.29) is 5.41 Å². The van der Waals surface area contributed by atoms with E-state index < -0.39 is 0 Å². The molecule has 0 unspecified atom stereocenters. The minimum absolute atomic E-state index is 0.0343. The molecule has 0 amide bonds. The second-order valence-electron chi connectivity index (χ2n) is 14.1. The molecule has 0 N–H and O–H groups in total. The summed E-state index contributed by atoms with van der Waals surface area (Å²) in [5, 5.41) is 5.07. The lowest BCUT2D eigenvalue weighted by Crippen LogP contribution is -2.14. The van der Waals surface area contributed by atoms with Crippen molar-refractivity contribution in [1.82, 2.24) is 0 Å². The lowest BCUT2D eigenvalue weighted by Gasteiger charge is -2.29. The van der Waals surface area contributed by atoms with Crippen molar-refractivity contribution in [3.8, 4) is 33.4 Å². The Morgan fingerprint density at radius 3 is 1.92 bits per heavy atom. The molecule has 0 saturated carbocycles. The summed E-state index contributed by atoms with van der Waals surface area (Å²) in [4.78, 5) is 2.46. The van der Waals surface area contributed by atoms with Gasteiger partial charge >= 0.3 is 0 Å². The predicted molar refractivity (Wildman–Crippen MR) is 220 cm³/mol. The summed E-state index contributed by atoms with van der Waals surface area (Å²) in [5.74, 6) is 0. The van der Waals surface area contributed by atoms with Crippen LogP contribution in [0.4, 0.5) is 17.1 Å². The Kier molecular flexibility index (Phi) is 6.78. The number of hydrogen-bond acceptors (Lipinski definition) is 2. The molecule has 2 heteroatoms. The Labute approximate surface area is 302 Å². The van der Waals surface area contributed by atoms with E-state index in [0.29, 0.717) is 0 Å². The quantitative estimate of drug-likeness (QED) is 0.176. The van der Waals surface area contributed by atoms with E-state index in [1.165, 1.54) is 75.5 Å². The van der Waals surface area contributed by atoms with Gasteiger partial charge in [0.25, 0.3) is 0 Å². The van der Waals surface area contributed by atoms with Crippen LogP contribution in [-0.2, 0) is 5.41 Å². The van der Waals surface area contributed by atoms with Gasteiger partial charge in [0.2, 0.25) is 0 Å². The zero-order valence-electron chi connectivity index (χ0n) is 28.6. The molecule has 0 bridgehead atoms. The van der Waals surface area contributed by atoms with Gasteiger partial charge in [-0.15, -0.1) is 11.3 Å². The van der Waals surface area contributed by atoms with Crippen molar-refractivity contribution in [2.24, 2.45) is 0 Å². The maximum atomic E-state index is 2.46. The molecular weight excluding hydrogens is 635 g/mol. The lowest BCUT2D eigenvalue weighted by molar-refractivity contribution is 0.660. The second-order valence-corrected chi connectivity index (χ2v) is 15.2. The summed E-state index contributed by atoms with van der Waals surface area (Å²) in [6.07, 6.45) is 0. The molecule has 1 aliphatic carbocycles. The van der Waals surface area contributed by atoms with E-state index in [0.717, 1.165) is 17.1 Å². The number of rotatable bonds is 5. The Balaban J connectivity index is 1.14. The fourth-order valence-corrected chi connectivity index (χ4v) is 9.53. The monoisotopic (exact) mass is 669 g/mol. The third-order valence-corrected chi connectivity index (χ3v) is 12.0. The first-order chi connectivity index (χ1) is 25.1. The molecule has 8 aromatic carbocycles. The number of benzene rings is 8. The van der Waals surface area contributed by atoms with Crippen LogP contribution in [0.3, 0.4) is 0 Å². The molecule has 51 heavy (non-hydrogen) atoms. The average molecular weight is 670 g/mol. The Morgan fingerprint density at radius 2 is 1.04 bits per heavy atom. The minimum atomic E-state index is -0.0343. The van der Waals surface area contributed by atoms with E-state index in [1.54, 1.807) is 0 Å². The van der Waals surface area contributed by atoms with Gasteiger partial charge in [-0.1, -0.05) is 147 Å². The van der Waals surface area contributed by atoms with E-state index >= 15 is 0 Å². The first kappa shape index (κ1) is 29.9. The summed E-state index contributed by atoms with van der Waals surface area (Å²) < 4.78 is 2.63. The van der Waals surface area contributed by atoms with E-state index in [1.807, 2.05) is 11.3 Å². The molecule has 1 heterocycles. The van der Waals surface area contributed by atoms with Gasteiger partial charge in [0.05, 0.1) is 11.4 Å². The van der Waals surface area contributed by atoms with Crippen LogP contribution in [0, 0.1) is 0 Å². The number of anilines is 3. The van der Waals surface area contributed by atoms with E-state index in [4.69, 9.17) is 0 Å². The number of nitrogens with zero attached hydrogens (tertiary/aromatic N) is 1. The highest BCUT2D eigenvalue weighted by Crippen LogP contribution is 2.50. The Morgan fingerprint density at radius 1 is 0.431 bits per heavy atom. The first-order valence-electron chi connectivity index (χ1n) is 17.7. The summed E-state index contributed by atoms with van der Waals surface area (Å²) in [6, 6.07) is 64.9. The summed E-state index contributed by atoms with van der Waals surface area (Å²) in [6.45, 7) is 4.70. The van der Waals surface area contributed by atoms with Crippen molar-refractivity contribution in [1.29, 1.82) is 0 Å². The molecule has 0 atom stereocenters. The molecule has 0 spiro atoms. The van der Waals surface area contributed by atoms with Gasteiger partial charge < -0.3 is 4.90 Å². The maximum Gasteiger partial charge on any atom is 0.0540 e. The highest BCUT2D eigenvalue weighted by molar-refractivity contribution is 7.25. The van der Waals surface area contributed by atoms with Gasteiger partial charge in [0.1, 0.15) is 0 Å². The van der Waals surface area contributed by atoms with Crippen LogP contribution in [0.1, 0.15) is 25.0 Å². The molecule has 242 valence electrons. The molecule has 1 nitrogen and oxygen atoms in total. The van der Waals surface area contributed by atoms with E-state index in [9.17, 15) is 0 Å². The largest absolute Gasteiger partial charge is 0.309 e. The fraction of sp³-hybridized carbons (Fsp3) is 0.0612. The summed E-state index contributed by atoms with van der Waals surface area (Å²) in [7, 11) is 0. The smallest absolute Gasteiger partial charge is 0.0540 e. The number of fused-ring (bicyclic) bond motifs is 7. The Hall–Kier alpha value is -5.96. The normalized spacial score (nSPS) is 13.1. The number of para-hydroxylation sites is 1. The molecule has 9 aromatic rings. The topological polar surface area (TPSA) is 3.24 Å². The second kappa shape index (κ2) is 11.6. The van der Waals surface area contributed by atoms with Crippen LogP contribution >= 0.6 is 11.3 Å². The highest BCUT2D eigenvalue weighted by atomic mass is 32.1.